The lowest BCUT2D eigenvalue weighted by atomic mass is 9.79. The average molecular weight is 773 g/mol. The second-order valence-electron chi connectivity index (χ2n) is 14.9. The average Bonchev–Trinajstić information content (AvgIpc) is 3.86. The van der Waals surface area contributed by atoms with Crippen LogP contribution in [0.5, 0.6) is 0 Å². The van der Waals surface area contributed by atoms with Gasteiger partial charge in [-0.2, -0.15) is 0 Å². The molecule has 0 saturated carbocycles. The molecule has 0 atom stereocenters. The summed E-state index contributed by atoms with van der Waals surface area (Å²) in [5.74, 6) is 0. The third-order valence-electron chi connectivity index (χ3n) is 11.8. The molecule has 4 nitrogen and oxygen atoms in total. The standard InChI is InChI=1S/C52H28N4S2/c1-3-17-45-33(9-1)37-13-5-11-31(51(37)57-45)29-19-21-35-39(25-29)41-27-55-44-16-8-24-54-50(44)48(41)36-22-20-30(26-40(36)42-28-56-43-15-7-23-53-49(43)47(35)42)32-12-6-14-38-34-10-2-4-18-46(34)58-52(32)38/h1-28H. The van der Waals surface area contributed by atoms with Crippen LogP contribution < -0.4 is 0 Å². The van der Waals surface area contributed by atoms with E-state index in [0.717, 1.165) is 77.7 Å². The molecule has 6 heterocycles. The zero-order valence-corrected chi connectivity index (χ0v) is 32.4. The van der Waals surface area contributed by atoms with Gasteiger partial charge in [-0.15, -0.1) is 22.7 Å². The molecule has 0 spiro atoms. The van der Waals surface area contributed by atoms with Crippen molar-refractivity contribution in [3.8, 4) is 66.8 Å². The van der Waals surface area contributed by atoms with Gasteiger partial charge >= 0.3 is 0 Å². The van der Waals surface area contributed by atoms with Crippen LogP contribution in [0.3, 0.4) is 0 Å². The van der Waals surface area contributed by atoms with E-state index in [1.807, 2.05) is 47.2 Å². The number of rotatable bonds is 2. The number of thiophene rings is 2. The van der Waals surface area contributed by atoms with Gasteiger partial charge in [-0.1, -0.05) is 97.1 Å². The molecule has 0 aliphatic heterocycles. The largest absolute Gasteiger partial charge is 0.254 e. The summed E-state index contributed by atoms with van der Waals surface area (Å²) < 4.78 is 5.16. The summed E-state index contributed by atoms with van der Waals surface area (Å²) in [4.78, 5) is 20.2. The van der Waals surface area contributed by atoms with Gasteiger partial charge in [0.1, 0.15) is 0 Å². The van der Waals surface area contributed by atoms with E-state index in [4.69, 9.17) is 19.9 Å². The summed E-state index contributed by atoms with van der Waals surface area (Å²) >= 11 is 3.72. The van der Waals surface area contributed by atoms with Crippen LogP contribution in [0.15, 0.2) is 170 Å². The topological polar surface area (TPSA) is 51.6 Å². The fourth-order valence-corrected chi connectivity index (χ4v) is 11.7. The van der Waals surface area contributed by atoms with E-state index in [1.165, 1.54) is 51.5 Å². The number of aromatic nitrogens is 4. The monoisotopic (exact) mass is 772 g/mol. The first kappa shape index (κ1) is 32.0. The van der Waals surface area contributed by atoms with Gasteiger partial charge in [0.25, 0.3) is 0 Å². The highest BCUT2D eigenvalue weighted by atomic mass is 32.1. The van der Waals surface area contributed by atoms with Crippen molar-refractivity contribution in [2.75, 3.05) is 0 Å². The normalized spacial score (nSPS) is 12.1. The van der Waals surface area contributed by atoms with Crippen molar-refractivity contribution >= 4 is 85.1 Å². The van der Waals surface area contributed by atoms with Crippen molar-refractivity contribution in [2.45, 2.75) is 0 Å². The molecule has 0 radical (unpaired) electrons. The Bertz CT molecular complexity index is 3470. The highest BCUT2D eigenvalue weighted by Gasteiger charge is 2.28. The van der Waals surface area contributed by atoms with E-state index in [0.29, 0.717) is 0 Å². The number of fused-ring (bicyclic) bond motifs is 18. The van der Waals surface area contributed by atoms with E-state index in [2.05, 4.69) is 146 Å². The summed E-state index contributed by atoms with van der Waals surface area (Å²) in [6.07, 6.45) is 7.87. The van der Waals surface area contributed by atoms with Gasteiger partial charge < -0.3 is 0 Å². The Balaban J connectivity index is 1.14. The van der Waals surface area contributed by atoms with Crippen molar-refractivity contribution in [1.29, 1.82) is 0 Å². The van der Waals surface area contributed by atoms with Crippen LogP contribution in [-0.2, 0) is 0 Å². The fraction of sp³-hybridized carbons (Fsp3) is 0. The summed E-state index contributed by atoms with van der Waals surface area (Å²) in [5.41, 5.74) is 16.8. The van der Waals surface area contributed by atoms with Crippen molar-refractivity contribution in [3.05, 3.63) is 170 Å². The minimum Gasteiger partial charge on any atom is -0.254 e. The minimum absolute atomic E-state index is 0.859. The maximum Gasteiger partial charge on any atom is 0.0971 e. The maximum atomic E-state index is 5.07. The molecule has 0 N–H and O–H groups in total. The van der Waals surface area contributed by atoms with E-state index in [9.17, 15) is 0 Å². The van der Waals surface area contributed by atoms with E-state index in [1.54, 1.807) is 0 Å². The second kappa shape index (κ2) is 12.2. The van der Waals surface area contributed by atoms with Gasteiger partial charge in [0.05, 0.1) is 22.1 Å². The Labute approximate surface area is 340 Å². The Morgan fingerprint density at radius 3 is 1.29 bits per heavy atom. The molecule has 58 heavy (non-hydrogen) atoms. The van der Waals surface area contributed by atoms with Crippen LogP contribution in [0.2, 0.25) is 0 Å². The highest BCUT2D eigenvalue weighted by Crippen LogP contribution is 2.53. The van der Waals surface area contributed by atoms with Crippen LogP contribution in [0, 0.1) is 0 Å². The fourth-order valence-electron chi connectivity index (χ4n) is 9.25. The van der Waals surface area contributed by atoms with Gasteiger partial charge in [-0.25, -0.2) is 0 Å². The number of pyridine rings is 4. The first-order valence-corrected chi connectivity index (χ1v) is 21.0. The van der Waals surface area contributed by atoms with Crippen molar-refractivity contribution < 1.29 is 0 Å². The summed E-state index contributed by atoms with van der Waals surface area (Å²) in [5, 5.41) is 5.15. The predicted molar refractivity (Wildman–Crippen MR) is 245 cm³/mol. The van der Waals surface area contributed by atoms with Gasteiger partial charge in [-0.3, -0.25) is 19.9 Å². The molecule has 0 bridgehead atoms. The van der Waals surface area contributed by atoms with Crippen LogP contribution in [-0.4, -0.2) is 19.9 Å². The van der Waals surface area contributed by atoms with E-state index < -0.39 is 0 Å². The highest BCUT2D eigenvalue weighted by molar-refractivity contribution is 7.26. The van der Waals surface area contributed by atoms with Crippen molar-refractivity contribution in [3.63, 3.8) is 0 Å². The Morgan fingerprint density at radius 1 is 0.328 bits per heavy atom. The summed E-state index contributed by atoms with van der Waals surface area (Å²) in [6.45, 7) is 0. The number of benzene rings is 6. The summed E-state index contributed by atoms with van der Waals surface area (Å²) in [7, 11) is 0. The van der Waals surface area contributed by atoms with Gasteiger partial charge in [0.2, 0.25) is 0 Å². The third kappa shape index (κ3) is 4.55. The van der Waals surface area contributed by atoms with Gasteiger partial charge in [0.15, 0.2) is 0 Å². The van der Waals surface area contributed by atoms with E-state index >= 15 is 0 Å². The molecule has 6 heteroatoms. The lowest BCUT2D eigenvalue weighted by molar-refractivity contribution is 1.32. The van der Waals surface area contributed by atoms with Crippen LogP contribution in [0.1, 0.15) is 0 Å². The minimum atomic E-state index is 0.859. The SMILES string of the molecule is c1cnc2c3c(cnc2c1)-c1cc(-c2cccc4c2sc2ccccc24)ccc1-c1c(cnc2cccnc12)-c1cc(-c2cccc4c2sc2ccccc24)ccc1-3. The summed E-state index contributed by atoms with van der Waals surface area (Å²) in [6, 6.07) is 52.7. The van der Waals surface area contributed by atoms with Gasteiger partial charge in [-0.05, 0) is 93.0 Å². The molecule has 1 aliphatic rings. The van der Waals surface area contributed by atoms with Gasteiger partial charge in [0, 0.05) is 87.4 Å². The number of hydrogen-bond donors (Lipinski definition) is 0. The first-order chi connectivity index (χ1) is 28.8. The second-order valence-corrected chi connectivity index (χ2v) is 17.0. The van der Waals surface area contributed by atoms with Crippen molar-refractivity contribution in [2.24, 2.45) is 0 Å². The molecule has 0 amide bonds. The first-order valence-electron chi connectivity index (χ1n) is 19.4. The number of hydrogen-bond acceptors (Lipinski definition) is 6. The molecule has 6 aromatic carbocycles. The smallest absolute Gasteiger partial charge is 0.0971 e. The molecule has 1 aliphatic carbocycles. The maximum absolute atomic E-state index is 5.07. The molecular formula is C52H28N4S2. The Morgan fingerprint density at radius 2 is 0.793 bits per heavy atom. The van der Waals surface area contributed by atoms with Crippen molar-refractivity contribution in [1.82, 2.24) is 19.9 Å². The third-order valence-corrected chi connectivity index (χ3v) is 14.3. The molecule has 268 valence electrons. The lowest BCUT2D eigenvalue weighted by Crippen LogP contribution is -2.02. The molecule has 0 saturated heterocycles. The predicted octanol–water partition coefficient (Wildman–Crippen LogP) is 14.6. The Hall–Kier alpha value is -7.12. The number of nitrogens with zero attached hydrogens (tertiary/aromatic N) is 4. The quantitative estimate of drug-likeness (QED) is 0.176. The molecule has 13 rings (SSSR count). The molecule has 0 fully saturated rings. The molecule has 12 aromatic rings. The molecule has 6 aromatic heterocycles. The van der Waals surface area contributed by atoms with Crippen LogP contribution in [0.4, 0.5) is 0 Å². The molecular weight excluding hydrogens is 745 g/mol. The zero-order valence-electron chi connectivity index (χ0n) is 30.8. The zero-order chi connectivity index (χ0) is 37.9. The van der Waals surface area contributed by atoms with Crippen LogP contribution in [0.25, 0.3) is 129 Å². The molecule has 0 unspecified atom stereocenters. The van der Waals surface area contributed by atoms with Crippen LogP contribution >= 0.6 is 22.7 Å². The van der Waals surface area contributed by atoms with E-state index in [-0.39, 0.29) is 0 Å². The Kier molecular flexibility index (Phi) is 6.73. The lowest BCUT2D eigenvalue weighted by Gasteiger charge is -2.25.